The van der Waals surface area contributed by atoms with Gasteiger partial charge in [0.25, 0.3) is 5.56 Å². The minimum atomic E-state index is -0.662. The predicted octanol–water partition coefficient (Wildman–Crippen LogP) is 3.98. The van der Waals surface area contributed by atoms with Crippen molar-refractivity contribution < 1.29 is 4.39 Å². The highest BCUT2D eigenvalue weighted by atomic mass is 19.1. The van der Waals surface area contributed by atoms with Gasteiger partial charge in [-0.2, -0.15) is 0 Å². The van der Waals surface area contributed by atoms with Gasteiger partial charge in [-0.15, -0.1) is 0 Å². The summed E-state index contributed by atoms with van der Waals surface area (Å²) < 4.78 is 15.8. The molecule has 0 N–H and O–H groups in total. The molecule has 0 amide bonds. The van der Waals surface area contributed by atoms with Gasteiger partial charge < -0.3 is 4.57 Å². The first-order valence-electron chi connectivity index (χ1n) is 8.78. The number of likely N-dealkylation sites (tertiary alicyclic amines) is 1. The fourth-order valence-corrected chi connectivity index (χ4v) is 3.79. The molecule has 1 aliphatic rings. The van der Waals surface area contributed by atoms with Gasteiger partial charge in [0.2, 0.25) is 0 Å². The van der Waals surface area contributed by atoms with Crippen LogP contribution in [0, 0.1) is 5.82 Å². The average molecular weight is 336 g/mol. The number of hydrogen-bond acceptors (Lipinski definition) is 2. The number of aromatic nitrogens is 1. The number of nitrogens with zero attached hydrogens (tertiary/aromatic N) is 2. The maximum absolute atomic E-state index is 14.1. The molecule has 0 spiro atoms. The number of para-hydroxylation sites is 1. The van der Waals surface area contributed by atoms with Gasteiger partial charge in [0, 0.05) is 31.1 Å². The molecule has 0 bridgehead atoms. The summed E-state index contributed by atoms with van der Waals surface area (Å²) in [5.41, 5.74) is 1.63. The Morgan fingerprint density at radius 3 is 2.40 bits per heavy atom. The van der Waals surface area contributed by atoms with E-state index in [-0.39, 0.29) is 6.04 Å². The summed E-state index contributed by atoms with van der Waals surface area (Å²) in [7, 11) is 0. The van der Waals surface area contributed by atoms with Crippen molar-refractivity contribution in [2.75, 3.05) is 13.1 Å². The van der Waals surface area contributed by atoms with Gasteiger partial charge >= 0.3 is 0 Å². The molecular formula is C21H21FN2O. The Morgan fingerprint density at radius 2 is 1.64 bits per heavy atom. The number of fused-ring (bicyclic) bond motifs is 1. The van der Waals surface area contributed by atoms with Crippen molar-refractivity contribution in [3.63, 3.8) is 0 Å². The summed E-state index contributed by atoms with van der Waals surface area (Å²) in [4.78, 5) is 14.8. The summed E-state index contributed by atoms with van der Waals surface area (Å²) in [5, 5.41) is 0.784. The Kier molecular flexibility index (Phi) is 4.36. The van der Waals surface area contributed by atoms with Crippen LogP contribution in [-0.4, -0.2) is 22.6 Å². The molecule has 0 atom stereocenters. The SMILES string of the molecule is O=c1c(F)cc2ccccc2n1C1CCN(Cc2ccccc2)CC1. The molecule has 1 aromatic heterocycles. The van der Waals surface area contributed by atoms with Crippen molar-refractivity contribution in [1.82, 2.24) is 9.47 Å². The smallest absolute Gasteiger partial charge is 0.287 e. The standard InChI is InChI=1S/C21H21FN2O/c22-19-14-17-8-4-5-9-20(17)24(21(19)25)18-10-12-23(13-11-18)15-16-6-2-1-3-7-16/h1-9,14,18H,10-13,15H2. The first-order valence-corrected chi connectivity index (χ1v) is 8.78. The van der Waals surface area contributed by atoms with Crippen LogP contribution in [0.15, 0.2) is 65.5 Å². The van der Waals surface area contributed by atoms with E-state index in [9.17, 15) is 9.18 Å². The van der Waals surface area contributed by atoms with Crippen LogP contribution in [0.1, 0.15) is 24.4 Å². The van der Waals surface area contributed by atoms with E-state index in [1.807, 2.05) is 30.3 Å². The highest BCUT2D eigenvalue weighted by Crippen LogP contribution is 2.26. The van der Waals surface area contributed by atoms with Crippen LogP contribution in [0.2, 0.25) is 0 Å². The zero-order chi connectivity index (χ0) is 17.2. The van der Waals surface area contributed by atoms with E-state index in [0.717, 1.165) is 43.4 Å². The van der Waals surface area contributed by atoms with Crippen molar-refractivity contribution in [2.24, 2.45) is 0 Å². The first-order chi connectivity index (χ1) is 12.2. The van der Waals surface area contributed by atoms with E-state index in [1.165, 1.54) is 11.6 Å². The van der Waals surface area contributed by atoms with Gasteiger partial charge in [-0.3, -0.25) is 9.69 Å². The molecule has 1 fully saturated rings. The normalized spacial score (nSPS) is 16.4. The van der Waals surface area contributed by atoms with Gasteiger partial charge in [0.05, 0.1) is 5.52 Å². The van der Waals surface area contributed by atoms with Crippen LogP contribution in [0.25, 0.3) is 10.9 Å². The van der Waals surface area contributed by atoms with Crippen LogP contribution >= 0.6 is 0 Å². The van der Waals surface area contributed by atoms with Crippen molar-refractivity contribution in [1.29, 1.82) is 0 Å². The van der Waals surface area contributed by atoms with E-state index in [4.69, 9.17) is 0 Å². The number of benzene rings is 2. The zero-order valence-corrected chi connectivity index (χ0v) is 14.1. The van der Waals surface area contributed by atoms with E-state index in [1.54, 1.807) is 4.57 Å². The Balaban J connectivity index is 1.56. The molecule has 0 aliphatic carbocycles. The van der Waals surface area contributed by atoms with E-state index >= 15 is 0 Å². The third-order valence-corrected chi connectivity index (χ3v) is 5.07. The van der Waals surface area contributed by atoms with Gasteiger partial charge in [-0.05, 0) is 30.5 Å². The molecule has 4 heteroatoms. The summed E-state index contributed by atoms with van der Waals surface area (Å²) in [6, 6.07) is 19.4. The van der Waals surface area contributed by atoms with E-state index < -0.39 is 11.4 Å². The second kappa shape index (κ2) is 6.81. The monoisotopic (exact) mass is 336 g/mol. The van der Waals surface area contributed by atoms with Crippen LogP contribution in [0.3, 0.4) is 0 Å². The van der Waals surface area contributed by atoms with Gasteiger partial charge in [0.1, 0.15) is 0 Å². The second-order valence-corrected chi connectivity index (χ2v) is 6.72. The lowest BCUT2D eigenvalue weighted by Crippen LogP contribution is -2.37. The number of pyridine rings is 1. The summed E-state index contributed by atoms with van der Waals surface area (Å²) in [5.74, 6) is -0.662. The molecule has 3 nitrogen and oxygen atoms in total. The topological polar surface area (TPSA) is 25.2 Å². The molecule has 0 unspecified atom stereocenters. The number of halogens is 1. The fraction of sp³-hybridized carbons (Fsp3) is 0.286. The second-order valence-electron chi connectivity index (χ2n) is 6.72. The van der Waals surface area contributed by atoms with Crippen LogP contribution in [0.4, 0.5) is 4.39 Å². The van der Waals surface area contributed by atoms with Gasteiger partial charge in [-0.25, -0.2) is 4.39 Å². The van der Waals surface area contributed by atoms with Crippen LogP contribution < -0.4 is 5.56 Å². The zero-order valence-electron chi connectivity index (χ0n) is 14.1. The number of hydrogen-bond donors (Lipinski definition) is 0. The Morgan fingerprint density at radius 1 is 0.960 bits per heavy atom. The predicted molar refractivity (Wildman–Crippen MR) is 98.2 cm³/mol. The molecular weight excluding hydrogens is 315 g/mol. The lowest BCUT2D eigenvalue weighted by molar-refractivity contribution is 0.179. The molecule has 2 aromatic carbocycles. The first kappa shape index (κ1) is 16.0. The molecule has 1 aliphatic heterocycles. The molecule has 3 aromatic rings. The Labute approximate surface area is 146 Å². The maximum Gasteiger partial charge on any atom is 0.287 e. The van der Waals surface area contributed by atoms with Crippen LogP contribution in [-0.2, 0) is 6.54 Å². The van der Waals surface area contributed by atoms with Crippen molar-refractivity contribution in [3.8, 4) is 0 Å². The molecule has 2 heterocycles. The average Bonchev–Trinajstić information content (AvgIpc) is 2.65. The number of piperidine rings is 1. The molecule has 128 valence electrons. The van der Waals surface area contributed by atoms with Crippen molar-refractivity contribution in [2.45, 2.75) is 25.4 Å². The Hall–Kier alpha value is -2.46. The maximum atomic E-state index is 14.1. The quantitative estimate of drug-likeness (QED) is 0.723. The summed E-state index contributed by atoms with van der Waals surface area (Å²) in [6.45, 7) is 2.75. The molecule has 4 rings (SSSR count). The van der Waals surface area contributed by atoms with Crippen molar-refractivity contribution in [3.05, 3.63) is 82.4 Å². The molecule has 0 radical (unpaired) electrons. The van der Waals surface area contributed by atoms with E-state index in [2.05, 4.69) is 29.2 Å². The Bertz CT molecular complexity index is 928. The van der Waals surface area contributed by atoms with Gasteiger partial charge in [-0.1, -0.05) is 48.5 Å². The fourth-order valence-electron chi connectivity index (χ4n) is 3.79. The molecule has 25 heavy (non-hydrogen) atoms. The summed E-state index contributed by atoms with van der Waals surface area (Å²) >= 11 is 0. The molecule has 0 saturated carbocycles. The van der Waals surface area contributed by atoms with E-state index in [0.29, 0.717) is 0 Å². The highest BCUT2D eigenvalue weighted by Gasteiger charge is 2.23. The number of rotatable bonds is 3. The lowest BCUT2D eigenvalue weighted by atomic mass is 10.0. The van der Waals surface area contributed by atoms with Gasteiger partial charge in [0.15, 0.2) is 5.82 Å². The largest absolute Gasteiger partial charge is 0.303 e. The lowest BCUT2D eigenvalue weighted by Gasteiger charge is -2.33. The third-order valence-electron chi connectivity index (χ3n) is 5.07. The molecule has 1 saturated heterocycles. The summed E-state index contributed by atoms with van der Waals surface area (Å²) in [6.07, 6.45) is 1.72. The van der Waals surface area contributed by atoms with Crippen LogP contribution in [0.5, 0.6) is 0 Å². The minimum Gasteiger partial charge on any atom is -0.303 e. The highest BCUT2D eigenvalue weighted by molar-refractivity contribution is 5.79. The van der Waals surface area contributed by atoms with Crippen molar-refractivity contribution >= 4 is 10.9 Å². The minimum absolute atomic E-state index is 0.0557. The third kappa shape index (κ3) is 3.22.